The third-order valence-corrected chi connectivity index (χ3v) is 7.14. The summed E-state index contributed by atoms with van der Waals surface area (Å²) in [5.41, 5.74) is 3.46. The maximum Gasteiger partial charge on any atom is 0.261 e. The third-order valence-electron chi connectivity index (χ3n) is 6.17. The van der Waals surface area contributed by atoms with Gasteiger partial charge in [-0.25, -0.2) is 0 Å². The third kappa shape index (κ3) is 8.24. The van der Waals surface area contributed by atoms with Crippen molar-refractivity contribution in [1.29, 1.82) is 0 Å². The molecule has 0 aliphatic carbocycles. The molecule has 5 nitrogen and oxygen atoms in total. The van der Waals surface area contributed by atoms with Gasteiger partial charge in [0.1, 0.15) is 11.8 Å². The van der Waals surface area contributed by atoms with Crippen molar-refractivity contribution < 1.29 is 14.3 Å². The van der Waals surface area contributed by atoms with Crippen molar-refractivity contribution in [3.8, 4) is 5.75 Å². The fourth-order valence-corrected chi connectivity index (χ4v) is 4.39. The van der Waals surface area contributed by atoms with Gasteiger partial charge < -0.3 is 15.0 Å². The van der Waals surface area contributed by atoms with Crippen molar-refractivity contribution in [2.45, 2.75) is 52.6 Å². The molecule has 0 saturated carbocycles. The van der Waals surface area contributed by atoms with E-state index >= 15 is 0 Å². The molecule has 0 unspecified atom stereocenters. The molecule has 0 fully saturated rings. The lowest BCUT2D eigenvalue weighted by Gasteiger charge is -2.31. The maximum absolute atomic E-state index is 13.7. The van der Waals surface area contributed by atoms with E-state index in [0.717, 1.165) is 35.1 Å². The van der Waals surface area contributed by atoms with E-state index in [1.807, 2.05) is 62.4 Å². The summed E-state index contributed by atoms with van der Waals surface area (Å²) in [6, 6.07) is 19.9. The Morgan fingerprint density at radius 2 is 1.62 bits per heavy atom. The van der Waals surface area contributed by atoms with Crippen LogP contribution in [0.5, 0.6) is 5.75 Å². The summed E-state index contributed by atoms with van der Waals surface area (Å²) in [6.07, 6.45) is 2.19. The van der Waals surface area contributed by atoms with E-state index in [9.17, 15) is 9.59 Å². The topological polar surface area (TPSA) is 58.6 Å². The van der Waals surface area contributed by atoms with Crippen LogP contribution in [0.1, 0.15) is 42.0 Å². The molecule has 37 heavy (non-hydrogen) atoms. The van der Waals surface area contributed by atoms with Crippen LogP contribution in [0.3, 0.4) is 0 Å². The van der Waals surface area contributed by atoms with Crippen molar-refractivity contribution in [3.05, 3.63) is 99.0 Å². The number of ether oxygens (including phenoxy) is 1. The van der Waals surface area contributed by atoms with Crippen LogP contribution in [-0.4, -0.2) is 35.9 Å². The van der Waals surface area contributed by atoms with Crippen molar-refractivity contribution in [1.82, 2.24) is 10.2 Å². The molecule has 2 amide bonds. The normalized spacial score (nSPS) is 11.6. The molecule has 0 spiro atoms. The molecule has 1 N–H and O–H groups in total. The first-order valence-corrected chi connectivity index (χ1v) is 13.3. The second-order valence-corrected chi connectivity index (χ2v) is 9.91. The summed E-state index contributed by atoms with van der Waals surface area (Å²) >= 11 is 12.7. The average molecular weight is 542 g/mol. The van der Waals surface area contributed by atoms with Crippen LogP contribution < -0.4 is 10.1 Å². The number of rotatable bonds is 12. The van der Waals surface area contributed by atoms with Gasteiger partial charge in [-0.05, 0) is 60.7 Å². The van der Waals surface area contributed by atoms with E-state index in [1.165, 1.54) is 0 Å². The fraction of sp³-hybridized carbons (Fsp3) is 0.333. The van der Waals surface area contributed by atoms with Crippen molar-refractivity contribution in [2.24, 2.45) is 0 Å². The van der Waals surface area contributed by atoms with Crippen LogP contribution in [-0.2, 0) is 22.6 Å². The van der Waals surface area contributed by atoms with Gasteiger partial charge in [0.05, 0.1) is 0 Å². The molecule has 3 aromatic rings. The van der Waals surface area contributed by atoms with Crippen molar-refractivity contribution >= 4 is 35.0 Å². The SMILES string of the molecule is CCCCNC(=O)[C@@H](Cc1ccccc1)N(Cc1ccccc1Cl)C(=O)COc1cc(C)c(Cl)c(C)c1. The monoisotopic (exact) mass is 540 g/mol. The summed E-state index contributed by atoms with van der Waals surface area (Å²) in [7, 11) is 0. The predicted octanol–water partition coefficient (Wildman–Crippen LogP) is 6.55. The molecule has 0 heterocycles. The number of aryl methyl sites for hydroxylation is 2. The number of nitrogens with one attached hydrogen (secondary N) is 1. The van der Waals surface area contributed by atoms with Crippen LogP contribution in [0.4, 0.5) is 0 Å². The van der Waals surface area contributed by atoms with Crippen molar-refractivity contribution in [3.63, 3.8) is 0 Å². The Balaban J connectivity index is 1.91. The van der Waals surface area contributed by atoms with Crippen LogP contribution in [0.2, 0.25) is 10.0 Å². The molecule has 0 radical (unpaired) electrons. The quantitative estimate of drug-likeness (QED) is 0.265. The van der Waals surface area contributed by atoms with Gasteiger partial charge in [0.25, 0.3) is 5.91 Å². The van der Waals surface area contributed by atoms with Crippen LogP contribution in [0.25, 0.3) is 0 Å². The molecule has 0 bridgehead atoms. The zero-order valence-electron chi connectivity index (χ0n) is 21.6. The number of carbonyl (C=O) groups excluding carboxylic acids is 2. The lowest BCUT2D eigenvalue weighted by atomic mass is 10.0. The Labute approximate surface area is 229 Å². The average Bonchev–Trinajstić information content (AvgIpc) is 2.89. The number of hydrogen-bond acceptors (Lipinski definition) is 3. The van der Waals surface area contributed by atoms with Gasteiger partial charge in [-0.15, -0.1) is 0 Å². The van der Waals surface area contributed by atoms with Gasteiger partial charge in [-0.2, -0.15) is 0 Å². The minimum atomic E-state index is -0.736. The van der Waals surface area contributed by atoms with Crippen LogP contribution in [0, 0.1) is 13.8 Å². The maximum atomic E-state index is 13.7. The molecular weight excluding hydrogens is 507 g/mol. The molecule has 7 heteroatoms. The molecule has 0 aromatic heterocycles. The molecule has 0 aliphatic rings. The Bertz CT molecular complexity index is 1180. The summed E-state index contributed by atoms with van der Waals surface area (Å²) in [4.78, 5) is 28.7. The van der Waals surface area contributed by atoms with Gasteiger partial charge in [0.2, 0.25) is 5.91 Å². The lowest BCUT2D eigenvalue weighted by molar-refractivity contribution is -0.142. The van der Waals surface area contributed by atoms with Gasteiger partial charge in [-0.3, -0.25) is 9.59 Å². The lowest BCUT2D eigenvalue weighted by Crippen LogP contribution is -2.51. The second kappa shape index (κ2) is 14.1. The first-order chi connectivity index (χ1) is 17.8. The highest BCUT2D eigenvalue weighted by atomic mass is 35.5. The Hall–Kier alpha value is -3.02. The summed E-state index contributed by atoms with van der Waals surface area (Å²) in [6.45, 7) is 6.36. The number of nitrogens with zero attached hydrogens (tertiary/aromatic N) is 1. The first-order valence-electron chi connectivity index (χ1n) is 12.5. The predicted molar refractivity (Wildman–Crippen MR) is 150 cm³/mol. The highest BCUT2D eigenvalue weighted by molar-refractivity contribution is 6.32. The number of amides is 2. The van der Waals surface area contributed by atoms with E-state index in [1.54, 1.807) is 23.1 Å². The summed E-state index contributed by atoms with van der Waals surface area (Å²) < 4.78 is 5.90. The van der Waals surface area contributed by atoms with Gasteiger partial charge in [-0.1, -0.05) is 85.1 Å². The highest BCUT2D eigenvalue weighted by Gasteiger charge is 2.31. The van der Waals surface area contributed by atoms with Gasteiger partial charge in [0, 0.05) is 29.6 Å². The zero-order valence-corrected chi connectivity index (χ0v) is 23.1. The fourth-order valence-electron chi connectivity index (χ4n) is 4.09. The van der Waals surface area contributed by atoms with E-state index in [4.69, 9.17) is 27.9 Å². The van der Waals surface area contributed by atoms with Crippen LogP contribution in [0.15, 0.2) is 66.7 Å². The minimum absolute atomic E-state index is 0.180. The van der Waals surface area contributed by atoms with Gasteiger partial charge in [0.15, 0.2) is 6.61 Å². The van der Waals surface area contributed by atoms with E-state index in [0.29, 0.717) is 28.8 Å². The van der Waals surface area contributed by atoms with E-state index < -0.39 is 6.04 Å². The van der Waals surface area contributed by atoms with E-state index in [-0.39, 0.29) is 25.0 Å². The molecule has 3 aromatic carbocycles. The summed E-state index contributed by atoms with van der Waals surface area (Å²) in [5.74, 6) is 0.0464. The molecule has 0 aliphatic heterocycles. The Morgan fingerprint density at radius 1 is 0.973 bits per heavy atom. The zero-order chi connectivity index (χ0) is 26.8. The largest absolute Gasteiger partial charge is 0.484 e. The number of carbonyl (C=O) groups is 2. The molecule has 196 valence electrons. The smallest absolute Gasteiger partial charge is 0.261 e. The first kappa shape index (κ1) is 28.5. The highest BCUT2D eigenvalue weighted by Crippen LogP contribution is 2.26. The van der Waals surface area contributed by atoms with E-state index in [2.05, 4.69) is 12.2 Å². The second-order valence-electron chi connectivity index (χ2n) is 9.12. The number of hydrogen-bond donors (Lipinski definition) is 1. The number of halogens is 2. The molecule has 1 atom stereocenters. The Morgan fingerprint density at radius 3 is 2.27 bits per heavy atom. The molecule has 3 rings (SSSR count). The number of unbranched alkanes of at least 4 members (excludes halogenated alkanes) is 1. The standard InChI is InChI=1S/C30H34Cl2N2O3/c1-4-5-15-33-30(36)27(18-23-11-7-6-8-12-23)34(19-24-13-9-10-14-26(24)31)28(35)20-37-25-16-21(2)29(32)22(3)17-25/h6-14,16-17,27H,4-5,15,18-20H2,1-3H3,(H,33,36)/t27-/m1/s1. The number of benzene rings is 3. The van der Waals surface area contributed by atoms with Gasteiger partial charge >= 0.3 is 0 Å². The minimum Gasteiger partial charge on any atom is -0.484 e. The Kier molecular flexibility index (Phi) is 10.8. The van der Waals surface area contributed by atoms with Crippen LogP contribution >= 0.6 is 23.2 Å². The summed E-state index contributed by atoms with van der Waals surface area (Å²) in [5, 5.41) is 4.22. The molecular formula is C30H34Cl2N2O3. The molecule has 0 saturated heterocycles. The van der Waals surface area contributed by atoms with Crippen molar-refractivity contribution in [2.75, 3.05) is 13.2 Å².